The fourth-order valence-corrected chi connectivity index (χ4v) is 3.60. The number of hydrogen-bond acceptors (Lipinski definition) is 6. The Kier molecular flexibility index (Phi) is 12.0. The van der Waals surface area contributed by atoms with Crippen LogP contribution in [0.1, 0.15) is 92.9 Å². The summed E-state index contributed by atoms with van der Waals surface area (Å²) in [5, 5.41) is 0. The van der Waals surface area contributed by atoms with Crippen LogP contribution in [0.2, 0.25) is 0 Å². The molecule has 162 valence electrons. The molecule has 0 heterocycles. The van der Waals surface area contributed by atoms with Gasteiger partial charge in [0.25, 0.3) is 5.79 Å². The van der Waals surface area contributed by atoms with Crippen LogP contribution in [0.4, 0.5) is 0 Å². The van der Waals surface area contributed by atoms with Crippen molar-refractivity contribution < 1.29 is 29.3 Å². The van der Waals surface area contributed by atoms with E-state index in [4.69, 9.17) is 29.3 Å². The van der Waals surface area contributed by atoms with E-state index in [2.05, 4.69) is 41.5 Å². The minimum atomic E-state index is -1.14. The van der Waals surface area contributed by atoms with Crippen molar-refractivity contribution in [1.82, 2.24) is 0 Å². The molecule has 0 spiro atoms. The minimum absolute atomic E-state index is 0.00489. The van der Waals surface area contributed by atoms with Crippen LogP contribution in [0.5, 0.6) is 0 Å². The molecule has 0 aliphatic heterocycles. The molecule has 2 atom stereocenters. The van der Waals surface area contributed by atoms with Crippen molar-refractivity contribution >= 4 is 0 Å². The first-order valence-electron chi connectivity index (χ1n) is 10.8. The summed E-state index contributed by atoms with van der Waals surface area (Å²) in [4.78, 5) is 34.1. The summed E-state index contributed by atoms with van der Waals surface area (Å²) < 4.78 is 0. The third-order valence-corrected chi connectivity index (χ3v) is 4.87. The predicted octanol–water partition coefficient (Wildman–Crippen LogP) is 5.75. The molecular formula is C21H42O6. The van der Waals surface area contributed by atoms with Crippen LogP contribution in [0.25, 0.3) is 0 Å². The third-order valence-electron chi connectivity index (χ3n) is 4.87. The molecule has 0 aromatic rings. The van der Waals surface area contributed by atoms with Crippen molar-refractivity contribution in [2.24, 2.45) is 11.3 Å². The Bertz CT molecular complexity index is 362. The van der Waals surface area contributed by atoms with Crippen molar-refractivity contribution in [3.05, 3.63) is 0 Å². The second-order valence-electron chi connectivity index (χ2n) is 8.54. The van der Waals surface area contributed by atoms with E-state index in [0.717, 1.165) is 44.9 Å². The van der Waals surface area contributed by atoms with Crippen LogP contribution < -0.4 is 0 Å². The minimum Gasteiger partial charge on any atom is -0.236 e. The van der Waals surface area contributed by atoms with Gasteiger partial charge in [0.05, 0.1) is 19.8 Å². The highest BCUT2D eigenvalue weighted by Crippen LogP contribution is 2.48. The van der Waals surface area contributed by atoms with Gasteiger partial charge in [-0.15, -0.1) is 0 Å². The fourth-order valence-electron chi connectivity index (χ4n) is 3.60. The van der Waals surface area contributed by atoms with Gasteiger partial charge < -0.3 is 0 Å². The highest BCUT2D eigenvalue weighted by Gasteiger charge is 2.56. The molecule has 1 saturated carbocycles. The molecule has 0 bridgehead atoms. The Labute approximate surface area is 166 Å². The van der Waals surface area contributed by atoms with Crippen LogP contribution >= 0.6 is 0 Å². The Hall–Kier alpha value is -0.240. The molecule has 1 aliphatic rings. The summed E-state index contributed by atoms with van der Waals surface area (Å²) in [5.74, 6) is -0.977. The SMILES string of the molecule is CCCCOOC1C(C)CC(C)(C)CC1(OOCCCC)OOCCCC. The molecule has 0 amide bonds. The lowest BCUT2D eigenvalue weighted by Crippen LogP contribution is -2.58. The smallest absolute Gasteiger partial charge is 0.236 e. The number of unbranched alkanes of at least 4 members (excludes halogenated alkanes) is 3. The average molecular weight is 391 g/mol. The van der Waals surface area contributed by atoms with Gasteiger partial charge in [-0.3, -0.25) is 0 Å². The second-order valence-corrected chi connectivity index (χ2v) is 8.54. The molecule has 0 radical (unpaired) electrons. The van der Waals surface area contributed by atoms with Gasteiger partial charge in [0.1, 0.15) is 0 Å². The van der Waals surface area contributed by atoms with E-state index < -0.39 is 11.9 Å². The highest BCUT2D eigenvalue weighted by atomic mass is 17.3. The Morgan fingerprint density at radius 2 is 1.26 bits per heavy atom. The second kappa shape index (κ2) is 13.1. The van der Waals surface area contributed by atoms with Gasteiger partial charge in [0, 0.05) is 6.42 Å². The van der Waals surface area contributed by atoms with Crippen LogP contribution in [-0.4, -0.2) is 31.7 Å². The molecule has 0 N–H and O–H groups in total. The molecule has 1 fully saturated rings. The van der Waals surface area contributed by atoms with Gasteiger partial charge in [-0.1, -0.05) is 60.8 Å². The predicted molar refractivity (Wildman–Crippen MR) is 105 cm³/mol. The standard InChI is InChI=1S/C21H42O6/c1-7-10-13-22-25-19-18(4)16-20(5,6)17-21(19,26-23-14-11-8-2)27-24-15-12-9-3/h18-19H,7-17H2,1-6H3. The summed E-state index contributed by atoms with van der Waals surface area (Å²) >= 11 is 0. The lowest BCUT2D eigenvalue weighted by Gasteiger charge is -2.48. The summed E-state index contributed by atoms with van der Waals surface area (Å²) in [6.07, 6.45) is 7.06. The summed E-state index contributed by atoms with van der Waals surface area (Å²) in [6.45, 7) is 14.5. The molecular weight excluding hydrogens is 348 g/mol. The van der Waals surface area contributed by atoms with Gasteiger partial charge in [-0.2, -0.15) is 9.78 Å². The molecule has 2 unspecified atom stereocenters. The van der Waals surface area contributed by atoms with E-state index in [1.807, 2.05) is 0 Å². The van der Waals surface area contributed by atoms with Gasteiger partial charge >= 0.3 is 0 Å². The third kappa shape index (κ3) is 8.75. The highest BCUT2D eigenvalue weighted by molar-refractivity contribution is 4.95. The van der Waals surface area contributed by atoms with Crippen LogP contribution in [0.15, 0.2) is 0 Å². The summed E-state index contributed by atoms with van der Waals surface area (Å²) in [6, 6.07) is 0. The Morgan fingerprint density at radius 1 is 0.778 bits per heavy atom. The van der Waals surface area contributed by atoms with Crippen molar-refractivity contribution in [2.75, 3.05) is 19.8 Å². The van der Waals surface area contributed by atoms with E-state index in [-0.39, 0.29) is 11.3 Å². The van der Waals surface area contributed by atoms with E-state index in [0.29, 0.717) is 26.2 Å². The van der Waals surface area contributed by atoms with Crippen molar-refractivity contribution in [2.45, 2.75) is 105 Å². The van der Waals surface area contributed by atoms with Crippen molar-refractivity contribution in [3.63, 3.8) is 0 Å². The Morgan fingerprint density at radius 3 is 1.74 bits per heavy atom. The molecule has 0 aromatic heterocycles. The van der Waals surface area contributed by atoms with Crippen LogP contribution in [0.3, 0.4) is 0 Å². The van der Waals surface area contributed by atoms with E-state index in [1.165, 1.54) is 0 Å². The summed E-state index contributed by atoms with van der Waals surface area (Å²) in [5.41, 5.74) is 0.00489. The van der Waals surface area contributed by atoms with Gasteiger partial charge in [-0.25, -0.2) is 19.6 Å². The lowest BCUT2D eigenvalue weighted by atomic mass is 9.68. The molecule has 27 heavy (non-hydrogen) atoms. The molecule has 1 rings (SSSR count). The zero-order chi connectivity index (χ0) is 20.2. The zero-order valence-electron chi connectivity index (χ0n) is 18.4. The first kappa shape index (κ1) is 24.8. The number of hydrogen-bond donors (Lipinski definition) is 0. The van der Waals surface area contributed by atoms with Crippen molar-refractivity contribution in [3.8, 4) is 0 Å². The molecule has 0 aromatic carbocycles. The average Bonchev–Trinajstić information content (AvgIpc) is 2.60. The summed E-state index contributed by atoms with van der Waals surface area (Å²) in [7, 11) is 0. The molecule has 1 aliphatic carbocycles. The normalized spacial score (nSPS) is 24.2. The topological polar surface area (TPSA) is 55.4 Å². The maximum Gasteiger partial charge on any atom is 0.263 e. The maximum absolute atomic E-state index is 5.88. The first-order valence-corrected chi connectivity index (χ1v) is 10.8. The molecule has 6 nitrogen and oxygen atoms in total. The van der Waals surface area contributed by atoms with E-state index >= 15 is 0 Å². The monoisotopic (exact) mass is 390 g/mol. The zero-order valence-corrected chi connectivity index (χ0v) is 18.4. The van der Waals surface area contributed by atoms with Gasteiger partial charge in [0.15, 0.2) is 6.10 Å². The van der Waals surface area contributed by atoms with Crippen LogP contribution in [0, 0.1) is 11.3 Å². The van der Waals surface area contributed by atoms with E-state index in [9.17, 15) is 0 Å². The maximum atomic E-state index is 5.88. The Balaban J connectivity index is 2.89. The van der Waals surface area contributed by atoms with Gasteiger partial charge in [-0.05, 0) is 37.0 Å². The first-order chi connectivity index (χ1) is 12.9. The molecule has 6 heteroatoms. The van der Waals surface area contributed by atoms with Crippen LogP contribution in [-0.2, 0) is 29.3 Å². The van der Waals surface area contributed by atoms with Gasteiger partial charge in [0.2, 0.25) is 0 Å². The lowest BCUT2D eigenvalue weighted by molar-refractivity contribution is -0.558. The quantitative estimate of drug-likeness (QED) is 0.153. The van der Waals surface area contributed by atoms with Crippen molar-refractivity contribution in [1.29, 1.82) is 0 Å². The molecule has 0 saturated heterocycles. The van der Waals surface area contributed by atoms with E-state index in [1.54, 1.807) is 0 Å². The largest absolute Gasteiger partial charge is 0.263 e. The fraction of sp³-hybridized carbons (Fsp3) is 1.00. The number of rotatable bonds is 15.